The van der Waals surface area contributed by atoms with Crippen LogP contribution in [0.3, 0.4) is 0 Å². The molecule has 0 N–H and O–H groups in total. The summed E-state index contributed by atoms with van der Waals surface area (Å²) in [5.41, 5.74) is -0.424. The molecule has 7 heteroatoms. The zero-order chi connectivity index (χ0) is 14.1. The zero-order valence-corrected chi connectivity index (χ0v) is 11.5. The summed E-state index contributed by atoms with van der Waals surface area (Å²) in [4.78, 5) is 32.1. The molecular formula is C13H13ClN4O2. The second-order valence-corrected chi connectivity index (χ2v) is 5.25. The lowest BCUT2D eigenvalue weighted by atomic mass is 9.93. The third kappa shape index (κ3) is 2.38. The van der Waals surface area contributed by atoms with Gasteiger partial charge in [-0.25, -0.2) is 4.98 Å². The lowest BCUT2D eigenvalue weighted by molar-refractivity contribution is 0.303. The standard InChI is InChI=1S/C13H13ClN4O2/c14-11-7-15-9(6-16-11)8-17-4-5-18(10-2-1-3-10)13(20)12(17)19/h4-7,10H,1-3,8H2. The Balaban J connectivity index is 1.91. The predicted octanol–water partition coefficient (Wildman–Crippen LogP) is 1.23. The van der Waals surface area contributed by atoms with Crippen LogP contribution in [0.15, 0.2) is 34.4 Å². The average molecular weight is 293 g/mol. The molecule has 2 aromatic rings. The topological polar surface area (TPSA) is 69.8 Å². The number of halogens is 1. The van der Waals surface area contributed by atoms with Gasteiger partial charge < -0.3 is 9.13 Å². The Bertz CT molecular complexity index is 731. The summed E-state index contributed by atoms with van der Waals surface area (Å²) in [6.07, 6.45) is 9.25. The average Bonchev–Trinajstić information content (AvgIpc) is 2.39. The maximum atomic E-state index is 12.1. The Morgan fingerprint density at radius 1 is 1.15 bits per heavy atom. The van der Waals surface area contributed by atoms with Gasteiger partial charge in [-0.3, -0.25) is 14.6 Å². The fourth-order valence-corrected chi connectivity index (χ4v) is 2.29. The van der Waals surface area contributed by atoms with Gasteiger partial charge in [-0.15, -0.1) is 0 Å². The van der Waals surface area contributed by atoms with E-state index in [9.17, 15) is 9.59 Å². The third-order valence-electron chi connectivity index (χ3n) is 3.56. The molecule has 0 radical (unpaired) electrons. The van der Waals surface area contributed by atoms with Crippen LogP contribution >= 0.6 is 11.6 Å². The second kappa shape index (κ2) is 5.20. The van der Waals surface area contributed by atoms with Gasteiger partial charge in [0.25, 0.3) is 0 Å². The summed E-state index contributed by atoms with van der Waals surface area (Å²) in [7, 11) is 0. The zero-order valence-electron chi connectivity index (χ0n) is 10.7. The van der Waals surface area contributed by atoms with Crippen molar-refractivity contribution in [2.45, 2.75) is 31.8 Å². The van der Waals surface area contributed by atoms with Gasteiger partial charge in [0.15, 0.2) is 0 Å². The van der Waals surface area contributed by atoms with E-state index in [4.69, 9.17) is 11.6 Å². The molecule has 0 aliphatic heterocycles. The highest BCUT2D eigenvalue weighted by molar-refractivity contribution is 6.29. The van der Waals surface area contributed by atoms with Gasteiger partial charge in [-0.1, -0.05) is 11.6 Å². The Labute approximate surface area is 119 Å². The van der Waals surface area contributed by atoms with E-state index in [1.807, 2.05) is 0 Å². The van der Waals surface area contributed by atoms with Crippen LogP contribution in [-0.2, 0) is 6.54 Å². The summed E-state index contributed by atoms with van der Waals surface area (Å²) in [6, 6.07) is 0.181. The Morgan fingerprint density at radius 2 is 1.95 bits per heavy atom. The van der Waals surface area contributed by atoms with Crippen molar-refractivity contribution in [2.24, 2.45) is 0 Å². The molecule has 3 rings (SSSR count). The molecule has 6 nitrogen and oxygen atoms in total. The van der Waals surface area contributed by atoms with E-state index in [0.717, 1.165) is 19.3 Å². The minimum absolute atomic E-state index is 0.181. The summed E-state index contributed by atoms with van der Waals surface area (Å²) >= 11 is 5.65. The van der Waals surface area contributed by atoms with E-state index in [1.54, 1.807) is 12.4 Å². The molecule has 1 fully saturated rings. The first-order chi connectivity index (χ1) is 9.65. The van der Waals surface area contributed by atoms with Crippen molar-refractivity contribution in [2.75, 3.05) is 0 Å². The summed E-state index contributed by atoms with van der Waals surface area (Å²) in [6.45, 7) is 0.212. The molecule has 0 saturated heterocycles. The van der Waals surface area contributed by atoms with Gasteiger partial charge >= 0.3 is 11.1 Å². The lowest BCUT2D eigenvalue weighted by Crippen LogP contribution is -2.43. The van der Waals surface area contributed by atoms with Crippen molar-refractivity contribution in [3.8, 4) is 0 Å². The highest BCUT2D eigenvalue weighted by atomic mass is 35.5. The van der Waals surface area contributed by atoms with Gasteiger partial charge in [0.1, 0.15) is 5.15 Å². The SMILES string of the molecule is O=c1c(=O)n(C2CCC2)ccn1Cc1cnc(Cl)cn1. The van der Waals surface area contributed by atoms with Crippen LogP contribution in [-0.4, -0.2) is 19.1 Å². The number of hydrogen-bond donors (Lipinski definition) is 0. The molecule has 0 amide bonds. The van der Waals surface area contributed by atoms with E-state index in [1.165, 1.54) is 21.5 Å². The van der Waals surface area contributed by atoms with E-state index in [-0.39, 0.29) is 12.6 Å². The molecule has 0 aromatic carbocycles. The molecule has 0 unspecified atom stereocenters. The molecule has 1 aliphatic carbocycles. The molecule has 0 spiro atoms. The normalized spacial score (nSPS) is 15.1. The number of aromatic nitrogens is 4. The minimum atomic E-state index is -0.531. The van der Waals surface area contributed by atoms with Crippen LogP contribution in [0.1, 0.15) is 31.0 Å². The molecule has 0 atom stereocenters. The molecule has 2 aromatic heterocycles. The summed E-state index contributed by atoms with van der Waals surface area (Å²) < 4.78 is 2.88. The van der Waals surface area contributed by atoms with Crippen molar-refractivity contribution < 1.29 is 0 Å². The van der Waals surface area contributed by atoms with Gasteiger partial charge in [-0.2, -0.15) is 0 Å². The maximum absolute atomic E-state index is 12.1. The second-order valence-electron chi connectivity index (χ2n) is 4.86. The van der Waals surface area contributed by atoms with Crippen molar-refractivity contribution >= 4 is 11.6 Å². The number of nitrogens with zero attached hydrogens (tertiary/aromatic N) is 4. The predicted molar refractivity (Wildman–Crippen MR) is 74.0 cm³/mol. The lowest BCUT2D eigenvalue weighted by Gasteiger charge is -2.27. The van der Waals surface area contributed by atoms with Crippen molar-refractivity contribution in [3.63, 3.8) is 0 Å². The van der Waals surface area contributed by atoms with Crippen LogP contribution in [0.2, 0.25) is 5.15 Å². The van der Waals surface area contributed by atoms with E-state index in [2.05, 4.69) is 9.97 Å². The fourth-order valence-electron chi connectivity index (χ4n) is 2.19. The molecule has 1 aliphatic rings. The van der Waals surface area contributed by atoms with Gasteiger partial charge in [0.05, 0.1) is 24.6 Å². The van der Waals surface area contributed by atoms with E-state index < -0.39 is 11.1 Å². The Hall–Kier alpha value is -1.95. The maximum Gasteiger partial charge on any atom is 0.316 e. The van der Waals surface area contributed by atoms with Crippen LogP contribution in [0, 0.1) is 0 Å². The summed E-state index contributed by atoms with van der Waals surface area (Å²) in [5.74, 6) is 0. The molecule has 0 bridgehead atoms. The van der Waals surface area contributed by atoms with E-state index >= 15 is 0 Å². The largest absolute Gasteiger partial charge is 0.316 e. The monoisotopic (exact) mass is 292 g/mol. The quantitative estimate of drug-likeness (QED) is 0.798. The molecule has 2 heterocycles. The molecular weight excluding hydrogens is 280 g/mol. The van der Waals surface area contributed by atoms with Crippen LogP contribution in [0.4, 0.5) is 0 Å². The minimum Gasteiger partial charge on any atom is -0.306 e. The highest BCUT2D eigenvalue weighted by Gasteiger charge is 2.21. The smallest absolute Gasteiger partial charge is 0.306 e. The summed E-state index contributed by atoms with van der Waals surface area (Å²) in [5, 5.41) is 0.293. The van der Waals surface area contributed by atoms with Crippen molar-refractivity contribution in [1.29, 1.82) is 0 Å². The van der Waals surface area contributed by atoms with Crippen molar-refractivity contribution in [1.82, 2.24) is 19.1 Å². The highest BCUT2D eigenvalue weighted by Crippen LogP contribution is 2.29. The molecule has 1 saturated carbocycles. The molecule has 20 heavy (non-hydrogen) atoms. The number of rotatable bonds is 3. The first-order valence-corrected chi connectivity index (χ1v) is 6.81. The first kappa shape index (κ1) is 13.1. The van der Waals surface area contributed by atoms with Gasteiger partial charge in [0, 0.05) is 18.4 Å². The fraction of sp³-hybridized carbons (Fsp3) is 0.385. The Kier molecular flexibility index (Phi) is 3.40. The molecule has 104 valence electrons. The van der Waals surface area contributed by atoms with Crippen LogP contribution < -0.4 is 11.1 Å². The van der Waals surface area contributed by atoms with Gasteiger partial charge in [0.2, 0.25) is 0 Å². The van der Waals surface area contributed by atoms with E-state index in [0.29, 0.717) is 10.8 Å². The van der Waals surface area contributed by atoms with Gasteiger partial charge in [-0.05, 0) is 19.3 Å². The number of hydrogen-bond acceptors (Lipinski definition) is 4. The van der Waals surface area contributed by atoms with Crippen LogP contribution in [0.25, 0.3) is 0 Å². The van der Waals surface area contributed by atoms with Crippen LogP contribution in [0.5, 0.6) is 0 Å². The Morgan fingerprint density at radius 3 is 2.55 bits per heavy atom. The van der Waals surface area contributed by atoms with Crippen molar-refractivity contribution in [3.05, 3.63) is 56.3 Å². The first-order valence-electron chi connectivity index (χ1n) is 6.43. The third-order valence-corrected chi connectivity index (χ3v) is 3.75.